The number of hydrogen-bond acceptors (Lipinski definition) is 5. The Morgan fingerprint density at radius 1 is 0.922 bits per heavy atom. The van der Waals surface area contributed by atoms with Gasteiger partial charge in [-0.2, -0.15) is 0 Å². The maximum atomic E-state index is 13.6. The van der Waals surface area contributed by atoms with Crippen molar-refractivity contribution in [2.45, 2.75) is 109 Å². The van der Waals surface area contributed by atoms with Crippen LogP contribution in [-0.2, 0) is 14.9 Å². The first kappa shape index (κ1) is 33.3. The van der Waals surface area contributed by atoms with Gasteiger partial charge in [0.15, 0.2) is 0 Å². The lowest BCUT2D eigenvalue weighted by Gasteiger charge is -2.31. The summed E-state index contributed by atoms with van der Waals surface area (Å²) in [5.74, 6) is 0.789. The van der Waals surface area contributed by atoms with Gasteiger partial charge in [0.1, 0.15) is 17.5 Å². The third kappa shape index (κ3) is 5.82. The largest absolute Gasteiger partial charge is 0.465 e. The molecule has 51 heavy (non-hydrogen) atoms. The number of nitrogens with zero attached hydrogens (tertiary/aromatic N) is 3. The zero-order chi connectivity index (χ0) is 35.8. The van der Waals surface area contributed by atoms with Crippen molar-refractivity contribution < 1.29 is 24.2 Å². The molecular formula is C41H47N5O5. The Balaban J connectivity index is 1.03. The van der Waals surface area contributed by atoms with Crippen molar-refractivity contribution >= 4 is 34.8 Å². The van der Waals surface area contributed by atoms with Crippen LogP contribution in [0.4, 0.5) is 15.3 Å². The van der Waals surface area contributed by atoms with Crippen LogP contribution in [0, 0.1) is 5.92 Å². The van der Waals surface area contributed by atoms with E-state index < -0.39 is 17.7 Å². The normalized spacial score (nSPS) is 23.5. The standard InChI is InChI=1S/C41H47N5O5/c1-40(2,3)51-39(50)45-18-8-11-34(45)36-43-31-17-13-24(20-32(31)44-36)23-12-15-27-28-16-14-26(22-30(28)41(4,5)29(27)19-23)42-37(47)35-21-25-9-6-7-10-33(25)46(35)38(48)49/h12-17,19-20,22,25,33-35H,6-11,18,21H2,1-5H3,(H,42,47)(H,43,44)(H,48,49)/t25?,33-,34-,35?/m0/s1. The molecule has 4 aromatic rings. The molecule has 4 atom stereocenters. The lowest BCUT2D eigenvalue weighted by atomic mass is 9.81. The maximum Gasteiger partial charge on any atom is 0.410 e. The first-order chi connectivity index (χ1) is 24.3. The van der Waals surface area contributed by atoms with Crippen LogP contribution in [-0.4, -0.2) is 67.2 Å². The van der Waals surface area contributed by atoms with Crippen LogP contribution in [0.1, 0.15) is 103 Å². The van der Waals surface area contributed by atoms with Crippen LogP contribution in [0.2, 0.25) is 0 Å². The molecule has 0 spiro atoms. The molecule has 10 nitrogen and oxygen atoms in total. The number of carbonyl (C=O) groups excluding carboxylic acids is 2. The average molecular weight is 690 g/mol. The highest BCUT2D eigenvalue weighted by Gasteiger charge is 2.48. The number of aromatic amines is 1. The van der Waals surface area contributed by atoms with Gasteiger partial charge in [-0.25, -0.2) is 14.6 Å². The van der Waals surface area contributed by atoms with E-state index in [-0.39, 0.29) is 35.4 Å². The van der Waals surface area contributed by atoms with E-state index in [0.29, 0.717) is 18.7 Å². The van der Waals surface area contributed by atoms with Crippen LogP contribution in [0.3, 0.4) is 0 Å². The quantitative estimate of drug-likeness (QED) is 0.196. The van der Waals surface area contributed by atoms with Crippen molar-refractivity contribution in [2.75, 3.05) is 11.9 Å². The molecule has 2 aliphatic heterocycles. The molecule has 3 fully saturated rings. The predicted molar refractivity (Wildman–Crippen MR) is 197 cm³/mol. The fourth-order valence-corrected chi connectivity index (χ4v) is 9.15. The molecule has 0 radical (unpaired) electrons. The Morgan fingerprint density at radius 3 is 2.39 bits per heavy atom. The Kier molecular flexibility index (Phi) is 7.92. The summed E-state index contributed by atoms with van der Waals surface area (Å²) in [6.07, 6.45) is 4.94. The molecular weight excluding hydrogens is 642 g/mol. The number of carbonyl (C=O) groups is 3. The summed E-state index contributed by atoms with van der Waals surface area (Å²) in [6, 6.07) is 18.0. The number of fused-ring (bicyclic) bond motifs is 5. The second-order valence-corrected chi connectivity index (χ2v) is 16.4. The van der Waals surface area contributed by atoms with Crippen molar-refractivity contribution in [3.8, 4) is 22.3 Å². The van der Waals surface area contributed by atoms with Gasteiger partial charge >= 0.3 is 12.2 Å². The van der Waals surface area contributed by atoms with Crippen LogP contribution < -0.4 is 5.32 Å². The molecule has 0 bridgehead atoms. The highest BCUT2D eigenvalue weighted by molar-refractivity contribution is 5.98. The van der Waals surface area contributed by atoms with Crippen LogP contribution in [0.5, 0.6) is 0 Å². The Labute approximate surface area is 298 Å². The van der Waals surface area contributed by atoms with E-state index in [9.17, 15) is 19.5 Å². The smallest absolute Gasteiger partial charge is 0.410 e. The lowest BCUT2D eigenvalue weighted by Crippen LogP contribution is -2.47. The van der Waals surface area contributed by atoms with Gasteiger partial charge in [0.2, 0.25) is 5.91 Å². The highest BCUT2D eigenvalue weighted by Crippen LogP contribution is 2.50. The van der Waals surface area contributed by atoms with E-state index in [2.05, 4.69) is 66.6 Å². The zero-order valence-corrected chi connectivity index (χ0v) is 30.1. The van der Waals surface area contributed by atoms with Gasteiger partial charge in [-0.05, 0) is 123 Å². The number of imidazole rings is 1. The number of rotatable bonds is 4. The minimum Gasteiger partial charge on any atom is -0.465 e. The van der Waals surface area contributed by atoms with Gasteiger partial charge in [0.25, 0.3) is 0 Å². The van der Waals surface area contributed by atoms with E-state index in [0.717, 1.165) is 77.6 Å². The van der Waals surface area contributed by atoms with E-state index in [1.165, 1.54) is 16.0 Å². The summed E-state index contributed by atoms with van der Waals surface area (Å²) in [7, 11) is 0. The SMILES string of the molecule is CC(C)(C)OC(=O)N1CCC[C@H]1c1nc2ccc(-c3ccc4c(c3)C(C)(C)c3cc(NC(=O)C5CC6CCCC[C@@H]6N5C(=O)O)ccc3-4)cc2[nH]1. The number of amides is 3. The molecule has 1 aromatic heterocycles. The van der Waals surface area contributed by atoms with E-state index in [1.54, 1.807) is 4.90 Å². The minimum atomic E-state index is -1.00. The molecule has 3 N–H and O–H groups in total. The molecule has 2 saturated heterocycles. The van der Waals surface area contributed by atoms with Crippen molar-refractivity contribution in [3.63, 3.8) is 0 Å². The number of aromatic nitrogens is 2. The number of nitrogens with one attached hydrogen (secondary N) is 2. The molecule has 10 heteroatoms. The maximum absolute atomic E-state index is 13.6. The molecule has 3 heterocycles. The third-order valence-electron chi connectivity index (χ3n) is 11.6. The number of benzene rings is 3. The second-order valence-electron chi connectivity index (χ2n) is 16.4. The summed E-state index contributed by atoms with van der Waals surface area (Å²) < 4.78 is 5.68. The molecule has 266 valence electrons. The molecule has 3 aromatic carbocycles. The van der Waals surface area contributed by atoms with Crippen molar-refractivity contribution in [3.05, 3.63) is 71.5 Å². The summed E-state index contributed by atoms with van der Waals surface area (Å²) in [5, 5.41) is 13.1. The van der Waals surface area contributed by atoms with Gasteiger partial charge in [0.05, 0.1) is 17.1 Å². The summed E-state index contributed by atoms with van der Waals surface area (Å²) in [6.45, 7) is 10.7. The summed E-state index contributed by atoms with van der Waals surface area (Å²) in [4.78, 5) is 50.4. The van der Waals surface area contributed by atoms with Crippen molar-refractivity contribution in [1.29, 1.82) is 0 Å². The van der Waals surface area contributed by atoms with Crippen LogP contribution in [0.25, 0.3) is 33.3 Å². The molecule has 2 unspecified atom stereocenters. The Bertz CT molecular complexity index is 2060. The number of likely N-dealkylation sites (tertiary alicyclic amines) is 2. The first-order valence-electron chi connectivity index (χ1n) is 18.4. The molecule has 8 rings (SSSR count). The van der Waals surface area contributed by atoms with Crippen LogP contribution >= 0.6 is 0 Å². The number of anilines is 1. The third-order valence-corrected chi connectivity index (χ3v) is 11.6. The van der Waals surface area contributed by atoms with Crippen molar-refractivity contribution in [2.24, 2.45) is 5.92 Å². The Morgan fingerprint density at radius 2 is 1.63 bits per heavy atom. The minimum absolute atomic E-state index is 0.0625. The zero-order valence-electron chi connectivity index (χ0n) is 30.1. The highest BCUT2D eigenvalue weighted by atomic mass is 16.6. The summed E-state index contributed by atoms with van der Waals surface area (Å²) >= 11 is 0. The van der Waals surface area contributed by atoms with Gasteiger partial charge in [-0.15, -0.1) is 0 Å². The first-order valence-corrected chi connectivity index (χ1v) is 18.4. The fourth-order valence-electron chi connectivity index (χ4n) is 9.15. The number of hydrogen-bond donors (Lipinski definition) is 3. The van der Waals surface area contributed by atoms with Gasteiger partial charge in [-0.3, -0.25) is 14.6 Å². The monoisotopic (exact) mass is 689 g/mol. The van der Waals surface area contributed by atoms with E-state index in [4.69, 9.17) is 9.72 Å². The van der Waals surface area contributed by atoms with Gasteiger partial charge in [-0.1, -0.05) is 51.0 Å². The van der Waals surface area contributed by atoms with Gasteiger partial charge in [0, 0.05) is 23.7 Å². The number of H-pyrrole nitrogens is 1. The average Bonchev–Trinajstić information content (AvgIpc) is 3.86. The molecule has 4 aliphatic rings. The number of carboxylic acid groups (broad SMARTS) is 1. The topological polar surface area (TPSA) is 128 Å². The fraction of sp³-hybridized carbons (Fsp3) is 0.463. The van der Waals surface area contributed by atoms with E-state index in [1.807, 2.05) is 32.9 Å². The van der Waals surface area contributed by atoms with Crippen LogP contribution in [0.15, 0.2) is 54.6 Å². The molecule has 2 aliphatic carbocycles. The summed E-state index contributed by atoms with van der Waals surface area (Å²) in [5.41, 5.74) is 8.38. The van der Waals surface area contributed by atoms with Gasteiger partial charge < -0.3 is 20.1 Å². The molecule has 3 amide bonds. The Hall–Kier alpha value is -4.86. The van der Waals surface area contributed by atoms with E-state index >= 15 is 0 Å². The van der Waals surface area contributed by atoms with Crippen molar-refractivity contribution in [1.82, 2.24) is 19.8 Å². The predicted octanol–water partition coefficient (Wildman–Crippen LogP) is 8.86. The second kappa shape index (κ2) is 12.1. The molecule has 1 saturated carbocycles. The number of ether oxygens (including phenoxy) is 1. The lowest BCUT2D eigenvalue weighted by molar-refractivity contribution is -0.120.